The van der Waals surface area contributed by atoms with Gasteiger partial charge in [0.15, 0.2) is 0 Å². The Bertz CT molecular complexity index is 1130. The van der Waals surface area contributed by atoms with E-state index in [2.05, 4.69) is 20.5 Å². The predicted octanol–water partition coefficient (Wildman–Crippen LogP) is 4.64. The average molecular weight is 434 g/mol. The monoisotopic (exact) mass is 434 g/mol. The summed E-state index contributed by atoms with van der Waals surface area (Å²) < 4.78 is 65.8. The Balaban J connectivity index is 1.65. The summed E-state index contributed by atoms with van der Waals surface area (Å²) in [6.45, 7) is 0. The minimum absolute atomic E-state index is 0.171. The number of rotatable bonds is 3. The highest BCUT2D eigenvalue weighted by Crippen LogP contribution is 2.33. The average Bonchev–Trinajstić information content (AvgIpc) is 2.72. The zero-order valence-electron chi connectivity index (χ0n) is 15.9. The molecule has 10 heteroatoms. The molecule has 0 saturated carbocycles. The van der Waals surface area contributed by atoms with E-state index < -0.39 is 35.5 Å². The first-order chi connectivity index (χ1) is 14.7. The van der Waals surface area contributed by atoms with Crippen molar-refractivity contribution in [3.63, 3.8) is 0 Å². The van der Waals surface area contributed by atoms with Crippen LogP contribution in [0.25, 0.3) is 11.3 Å². The number of hydrogen-bond acceptors (Lipinski definition) is 4. The third-order valence-corrected chi connectivity index (χ3v) is 4.96. The molecule has 4 rings (SSSR count). The van der Waals surface area contributed by atoms with Crippen LogP contribution in [0.1, 0.15) is 46.2 Å². The molecule has 0 spiro atoms. The fourth-order valence-corrected chi connectivity index (χ4v) is 3.52. The maximum atomic E-state index is 13.4. The van der Waals surface area contributed by atoms with Crippen LogP contribution in [0.15, 0.2) is 42.6 Å². The third-order valence-electron chi connectivity index (χ3n) is 4.96. The lowest BCUT2D eigenvalue weighted by atomic mass is 9.90. The van der Waals surface area contributed by atoms with Gasteiger partial charge in [0.05, 0.1) is 17.4 Å². The first-order valence-electron chi connectivity index (χ1n) is 9.38. The van der Waals surface area contributed by atoms with Gasteiger partial charge in [-0.05, 0) is 55.2 Å². The van der Waals surface area contributed by atoms with Crippen LogP contribution in [0.5, 0.6) is 0 Å². The quantitative estimate of drug-likeness (QED) is 0.610. The van der Waals surface area contributed by atoms with E-state index >= 15 is 0 Å². The fourth-order valence-electron chi connectivity index (χ4n) is 3.52. The maximum absolute atomic E-state index is 13.4. The second kappa shape index (κ2) is 8.01. The number of amides is 1. The Morgan fingerprint density at radius 3 is 2.48 bits per heavy atom. The number of carbonyl (C=O) groups is 1. The highest BCUT2D eigenvalue weighted by Gasteiger charge is 2.33. The van der Waals surface area contributed by atoms with E-state index in [0.717, 1.165) is 24.4 Å². The van der Waals surface area contributed by atoms with Crippen molar-refractivity contribution in [1.82, 2.24) is 20.5 Å². The van der Waals surface area contributed by atoms with E-state index in [9.17, 15) is 26.7 Å². The number of aryl methyl sites for hydroxylation is 1. The van der Waals surface area contributed by atoms with Gasteiger partial charge in [-0.2, -0.15) is 23.4 Å². The highest BCUT2D eigenvalue weighted by atomic mass is 19.4. The topological polar surface area (TPSA) is 67.8 Å². The number of carbonyl (C=O) groups excluding carboxylic acids is 1. The van der Waals surface area contributed by atoms with Gasteiger partial charge in [-0.1, -0.05) is 0 Å². The minimum atomic E-state index is -4.60. The molecule has 0 aliphatic heterocycles. The molecular formula is C21H15F5N4O. The van der Waals surface area contributed by atoms with Gasteiger partial charge in [0.25, 0.3) is 5.91 Å². The van der Waals surface area contributed by atoms with Crippen LogP contribution in [-0.4, -0.2) is 21.1 Å². The molecular weight excluding hydrogens is 419 g/mol. The summed E-state index contributed by atoms with van der Waals surface area (Å²) >= 11 is 0. The first kappa shape index (κ1) is 20.8. The van der Waals surface area contributed by atoms with Gasteiger partial charge in [-0.25, -0.2) is 8.78 Å². The number of nitrogens with one attached hydrogen (secondary N) is 1. The lowest BCUT2D eigenvalue weighted by Crippen LogP contribution is -2.31. The number of benzene rings is 1. The summed E-state index contributed by atoms with van der Waals surface area (Å²) in [5, 5.41) is 10.9. The molecule has 31 heavy (non-hydrogen) atoms. The van der Waals surface area contributed by atoms with Crippen molar-refractivity contribution in [2.24, 2.45) is 0 Å². The molecule has 1 aromatic carbocycles. The molecule has 3 aromatic rings. The lowest BCUT2D eigenvalue weighted by molar-refractivity contribution is -0.141. The van der Waals surface area contributed by atoms with Gasteiger partial charge in [0.2, 0.25) is 0 Å². The molecule has 160 valence electrons. The van der Waals surface area contributed by atoms with E-state index in [0.29, 0.717) is 36.6 Å². The number of hydrogen-bond donors (Lipinski definition) is 1. The van der Waals surface area contributed by atoms with E-state index in [4.69, 9.17) is 0 Å². The van der Waals surface area contributed by atoms with Crippen LogP contribution in [-0.2, 0) is 12.6 Å². The van der Waals surface area contributed by atoms with E-state index in [1.165, 1.54) is 6.07 Å². The molecule has 1 aliphatic carbocycles. The van der Waals surface area contributed by atoms with Crippen molar-refractivity contribution >= 4 is 5.91 Å². The molecule has 1 atom stereocenters. The third kappa shape index (κ3) is 4.52. The molecule has 1 amide bonds. The van der Waals surface area contributed by atoms with Crippen LogP contribution in [0.4, 0.5) is 22.0 Å². The van der Waals surface area contributed by atoms with Crippen molar-refractivity contribution < 1.29 is 26.7 Å². The van der Waals surface area contributed by atoms with Crippen molar-refractivity contribution in [1.29, 1.82) is 0 Å². The van der Waals surface area contributed by atoms with Crippen LogP contribution in [0, 0.1) is 11.6 Å². The molecule has 1 N–H and O–H groups in total. The standard InChI is InChI=1S/C21H15F5N4O/c22-13-6-12(7-14(23)9-13)20(31)28-16-2-1-3-17-15(16)10-18(30-29-17)11-4-5-27-19(8-11)21(24,25)26/h4-10,16H,1-3H2,(H,28,31)/t16-/m1/s1. The van der Waals surface area contributed by atoms with Crippen LogP contribution in [0.3, 0.4) is 0 Å². The summed E-state index contributed by atoms with van der Waals surface area (Å²) in [5.41, 5.74) is 0.367. The van der Waals surface area contributed by atoms with Crippen LogP contribution >= 0.6 is 0 Å². The summed E-state index contributed by atoms with van der Waals surface area (Å²) in [4.78, 5) is 15.9. The SMILES string of the molecule is O=C(N[C@@H]1CCCc2nnc(-c3ccnc(C(F)(F)F)c3)cc21)c1cc(F)cc(F)c1. The highest BCUT2D eigenvalue weighted by molar-refractivity contribution is 5.94. The van der Waals surface area contributed by atoms with Crippen LogP contribution in [0.2, 0.25) is 0 Å². The van der Waals surface area contributed by atoms with Crippen molar-refractivity contribution in [3.8, 4) is 11.3 Å². The number of alkyl halides is 3. The summed E-state index contributed by atoms with van der Waals surface area (Å²) in [6, 6.07) is 5.83. The number of halogens is 5. The molecule has 0 radical (unpaired) electrons. The van der Waals surface area contributed by atoms with Gasteiger partial charge >= 0.3 is 6.18 Å². The second-order valence-electron chi connectivity index (χ2n) is 7.14. The van der Waals surface area contributed by atoms with Gasteiger partial charge in [0, 0.05) is 23.4 Å². The number of fused-ring (bicyclic) bond motifs is 1. The predicted molar refractivity (Wildman–Crippen MR) is 99.8 cm³/mol. The van der Waals surface area contributed by atoms with Crippen LogP contribution < -0.4 is 5.32 Å². The van der Waals surface area contributed by atoms with Gasteiger partial charge < -0.3 is 5.32 Å². The zero-order chi connectivity index (χ0) is 22.2. The zero-order valence-corrected chi connectivity index (χ0v) is 15.9. The minimum Gasteiger partial charge on any atom is -0.345 e. The number of nitrogens with zero attached hydrogens (tertiary/aromatic N) is 3. The van der Waals surface area contributed by atoms with Gasteiger partial charge in [0.1, 0.15) is 17.3 Å². The van der Waals surface area contributed by atoms with Gasteiger partial charge in [-0.15, -0.1) is 0 Å². The Hall–Kier alpha value is -3.43. The molecule has 2 aromatic heterocycles. The van der Waals surface area contributed by atoms with Crippen molar-refractivity contribution in [2.75, 3.05) is 0 Å². The smallest absolute Gasteiger partial charge is 0.345 e. The summed E-state index contributed by atoms with van der Waals surface area (Å²) in [5.74, 6) is -2.42. The largest absolute Gasteiger partial charge is 0.433 e. The molecule has 1 aliphatic rings. The fraction of sp³-hybridized carbons (Fsp3) is 0.238. The van der Waals surface area contributed by atoms with E-state index in [1.807, 2.05) is 0 Å². The molecule has 0 saturated heterocycles. The number of aromatic nitrogens is 3. The Labute approximate surface area is 173 Å². The van der Waals surface area contributed by atoms with Crippen molar-refractivity contribution in [2.45, 2.75) is 31.5 Å². The maximum Gasteiger partial charge on any atom is 0.433 e. The second-order valence-corrected chi connectivity index (χ2v) is 7.14. The molecule has 0 bridgehead atoms. The van der Waals surface area contributed by atoms with Gasteiger partial charge in [-0.3, -0.25) is 9.78 Å². The summed E-state index contributed by atoms with van der Waals surface area (Å²) in [7, 11) is 0. The van der Waals surface area contributed by atoms with E-state index in [-0.39, 0.29) is 16.8 Å². The molecule has 0 unspecified atom stereocenters. The normalized spacial score (nSPS) is 16.0. The summed E-state index contributed by atoms with van der Waals surface area (Å²) in [6.07, 6.45) is -1.75. The molecule has 0 fully saturated rings. The van der Waals surface area contributed by atoms with E-state index in [1.54, 1.807) is 6.07 Å². The Kier molecular flexibility index (Phi) is 5.38. The molecule has 5 nitrogen and oxygen atoms in total. The Morgan fingerprint density at radius 2 is 1.77 bits per heavy atom. The lowest BCUT2D eigenvalue weighted by Gasteiger charge is -2.25. The molecule has 2 heterocycles. The Morgan fingerprint density at radius 1 is 1.03 bits per heavy atom. The first-order valence-corrected chi connectivity index (χ1v) is 9.38. The van der Waals surface area contributed by atoms with Crippen molar-refractivity contribution in [3.05, 3.63) is 76.7 Å². The number of pyridine rings is 1.